The molecule has 0 bridgehead atoms. The monoisotopic (exact) mass is 312 g/mol. The first kappa shape index (κ1) is 16.0. The van der Waals surface area contributed by atoms with Crippen molar-refractivity contribution >= 4 is 0 Å². The van der Waals surface area contributed by atoms with Gasteiger partial charge < -0.3 is 9.84 Å². The lowest BCUT2D eigenvalue weighted by Crippen LogP contribution is -2.38. The molecule has 1 aliphatic rings. The van der Waals surface area contributed by atoms with Crippen LogP contribution in [0.25, 0.3) is 0 Å². The zero-order valence-electron chi connectivity index (χ0n) is 13.5. The van der Waals surface area contributed by atoms with Crippen molar-refractivity contribution in [2.75, 3.05) is 7.11 Å². The predicted molar refractivity (Wildman–Crippen MR) is 90.1 cm³/mol. The van der Waals surface area contributed by atoms with Gasteiger partial charge in [0.2, 0.25) is 0 Å². The number of hydrogen-bond donors (Lipinski definition) is 2. The Labute approximate surface area is 137 Å². The van der Waals surface area contributed by atoms with E-state index in [1.807, 2.05) is 12.1 Å². The lowest BCUT2D eigenvalue weighted by molar-refractivity contribution is 0.0155. The number of hydrogen-bond acceptors (Lipinski definition) is 4. The highest BCUT2D eigenvalue weighted by atomic mass is 16.5. The fourth-order valence-corrected chi connectivity index (χ4v) is 3.51. The third-order valence-electron chi connectivity index (χ3n) is 4.74. The summed E-state index contributed by atoms with van der Waals surface area (Å²) < 4.78 is 5.34. The standard InChI is InChI=1S/C19H24N2O2/c1-23-18-8-7-15-5-2-4-14(10-16(15)11-18)12-19(20,22)17-6-3-9-21-13-17/h3,6-9,11,13-14,22H,2,4-5,10,12,20H2,1H3. The van der Waals surface area contributed by atoms with Crippen molar-refractivity contribution in [3.05, 3.63) is 59.4 Å². The van der Waals surface area contributed by atoms with Gasteiger partial charge in [-0.25, -0.2) is 0 Å². The Morgan fingerprint density at radius 3 is 2.96 bits per heavy atom. The van der Waals surface area contributed by atoms with Crippen LogP contribution in [0, 0.1) is 5.92 Å². The Balaban J connectivity index is 1.78. The van der Waals surface area contributed by atoms with Crippen molar-refractivity contribution in [1.82, 2.24) is 4.98 Å². The number of benzene rings is 1. The lowest BCUT2D eigenvalue weighted by atomic mass is 9.86. The van der Waals surface area contributed by atoms with Gasteiger partial charge >= 0.3 is 0 Å². The maximum absolute atomic E-state index is 10.7. The minimum atomic E-state index is -1.33. The molecule has 0 amide bonds. The Morgan fingerprint density at radius 1 is 1.35 bits per heavy atom. The Morgan fingerprint density at radius 2 is 2.22 bits per heavy atom. The number of pyridine rings is 1. The zero-order chi connectivity index (χ0) is 16.3. The van der Waals surface area contributed by atoms with E-state index < -0.39 is 5.72 Å². The predicted octanol–water partition coefficient (Wildman–Crippen LogP) is 2.78. The van der Waals surface area contributed by atoms with Gasteiger partial charge in [-0.15, -0.1) is 0 Å². The van der Waals surface area contributed by atoms with Crippen molar-refractivity contribution < 1.29 is 9.84 Å². The van der Waals surface area contributed by atoms with Crippen molar-refractivity contribution in [2.24, 2.45) is 11.7 Å². The molecule has 2 aromatic rings. The van der Waals surface area contributed by atoms with E-state index in [2.05, 4.69) is 17.1 Å². The zero-order valence-corrected chi connectivity index (χ0v) is 13.5. The Hall–Kier alpha value is -1.91. The number of aliphatic hydroxyl groups is 1. The highest BCUT2D eigenvalue weighted by Crippen LogP contribution is 2.33. The largest absolute Gasteiger partial charge is 0.497 e. The summed E-state index contributed by atoms with van der Waals surface area (Å²) in [6.45, 7) is 0. The molecule has 2 atom stereocenters. The highest BCUT2D eigenvalue weighted by molar-refractivity contribution is 5.36. The molecule has 1 aromatic carbocycles. The molecule has 0 aliphatic heterocycles. The summed E-state index contributed by atoms with van der Waals surface area (Å²) in [5, 5.41) is 10.7. The number of aromatic nitrogens is 1. The first-order valence-corrected chi connectivity index (χ1v) is 8.16. The fourth-order valence-electron chi connectivity index (χ4n) is 3.51. The number of ether oxygens (including phenoxy) is 1. The van der Waals surface area contributed by atoms with Gasteiger partial charge in [0.1, 0.15) is 11.5 Å². The van der Waals surface area contributed by atoms with E-state index in [1.54, 1.807) is 25.6 Å². The van der Waals surface area contributed by atoms with Crippen LogP contribution < -0.4 is 10.5 Å². The van der Waals surface area contributed by atoms with Crippen molar-refractivity contribution in [3.63, 3.8) is 0 Å². The summed E-state index contributed by atoms with van der Waals surface area (Å²) in [5.74, 6) is 1.23. The number of aryl methyl sites for hydroxylation is 1. The normalized spacial score (nSPS) is 20.2. The Kier molecular flexibility index (Phi) is 4.64. The van der Waals surface area contributed by atoms with Gasteiger partial charge in [0.25, 0.3) is 0 Å². The molecule has 122 valence electrons. The number of nitrogens with zero attached hydrogens (tertiary/aromatic N) is 1. The molecule has 3 rings (SSSR count). The van der Waals surface area contributed by atoms with E-state index in [9.17, 15) is 5.11 Å². The fraction of sp³-hybridized carbons (Fsp3) is 0.421. The van der Waals surface area contributed by atoms with Crippen LogP contribution in [0.3, 0.4) is 0 Å². The van der Waals surface area contributed by atoms with Gasteiger partial charge in [0.15, 0.2) is 0 Å². The number of methoxy groups -OCH3 is 1. The van der Waals surface area contributed by atoms with Crippen molar-refractivity contribution in [2.45, 2.75) is 37.8 Å². The van der Waals surface area contributed by atoms with Gasteiger partial charge in [-0.2, -0.15) is 0 Å². The first-order chi connectivity index (χ1) is 11.1. The van der Waals surface area contributed by atoms with Gasteiger partial charge in [-0.3, -0.25) is 10.7 Å². The van der Waals surface area contributed by atoms with Gasteiger partial charge in [0.05, 0.1) is 7.11 Å². The van der Waals surface area contributed by atoms with Crippen LogP contribution in [-0.2, 0) is 18.6 Å². The van der Waals surface area contributed by atoms with Crippen LogP contribution in [0.4, 0.5) is 0 Å². The molecule has 4 heteroatoms. The van der Waals surface area contributed by atoms with Gasteiger partial charge in [0, 0.05) is 18.0 Å². The molecule has 23 heavy (non-hydrogen) atoms. The quantitative estimate of drug-likeness (QED) is 0.673. The van der Waals surface area contributed by atoms with Gasteiger partial charge in [-0.05, 0) is 67.3 Å². The van der Waals surface area contributed by atoms with E-state index >= 15 is 0 Å². The molecule has 0 fully saturated rings. The van der Waals surface area contributed by atoms with Gasteiger partial charge in [-0.1, -0.05) is 12.1 Å². The number of rotatable bonds is 4. The SMILES string of the molecule is COc1ccc2c(c1)CC(CC(N)(O)c1cccnc1)CCC2. The topological polar surface area (TPSA) is 68.4 Å². The Bertz CT molecular complexity index is 656. The third-order valence-corrected chi connectivity index (χ3v) is 4.74. The van der Waals surface area contributed by atoms with Crippen LogP contribution in [0.5, 0.6) is 5.75 Å². The minimum absolute atomic E-state index is 0.346. The van der Waals surface area contributed by atoms with Crippen LogP contribution in [-0.4, -0.2) is 17.2 Å². The maximum Gasteiger partial charge on any atom is 0.141 e. The molecule has 2 unspecified atom stereocenters. The summed E-state index contributed by atoms with van der Waals surface area (Å²) in [4.78, 5) is 4.06. The van der Waals surface area contributed by atoms with Crippen LogP contribution in [0.2, 0.25) is 0 Å². The highest BCUT2D eigenvalue weighted by Gasteiger charge is 2.29. The molecule has 0 saturated heterocycles. The van der Waals surface area contributed by atoms with Crippen LogP contribution >= 0.6 is 0 Å². The van der Waals surface area contributed by atoms with E-state index in [4.69, 9.17) is 10.5 Å². The molecule has 1 aromatic heterocycles. The van der Waals surface area contributed by atoms with E-state index in [1.165, 1.54) is 11.1 Å². The second kappa shape index (κ2) is 6.69. The maximum atomic E-state index is 10.7. The van der Waals surface area contributed by atoms with E-state index in [-0.39, 0.29) is 0 Å². The molecular formula is C19H24N2O2. The summed E-state index contributed by atoms with van der Waals surface area (Å²) in [7, 11) is 1.69. The average molecular weight is 312 g/mol. The van der Waals surface area contributed by atoms with E-state index in [0.717, 1.165) is 31.4 Å². The second-order valence-corrected chi connectivity index (χ2v) is 6.47. The second-order valence-electron chi connectivity index (χ2n) is 6.47. The van der Waals surface area contributed by atoms with Crippen molar-refractivity contribution in [3.8, 4) is 5.75 Å². The molecule has 1 aliphatic carbocycles. The summed E-state index contributed by atoms with van der Waals surface area (Å²) >= 11 is 0. The summed E-state index contributed by atoms with van der Waals surface area (Å²) in [5.41, 5.74) is 8.23. The molecule has 0 spiro atoms. The molecule has 1 heterocycles. The molecule has 0 saturated carbocycles. The molecular weight excluding hydrogens is 288 g/mol. The smallest absolute Gasteiger partial charge is 0.141 e. The number of nitrogens with two attached hydrogens (primary N) is 1. The van der Waals surface area contributed by atoms with Crippen LogP contribution in [0.1, 0.15) is 36.0 Å². The molecule has 0 radical (unpaired) electrons. The third kappa shape index (κ3) is 3.71. The van der Waals surface area contributed by atoms with Crippen LogP contribution in [0.15, 0.2) is 42.7 Å². The molecule has 4 nitrogen and oxygen atoms in total. The minimum Gasteiger partial charge on any atom is -0.497 e. The molecule has 3 N–H and O–H groups in total. The van der Waals surface area contributed by atoms with E-state index in [0.29, 0.717) is 17.9 Å². The summed E-state index contributed by atoms with van der Waals surface area (Å²) in [6.07, 6.45) is 8.05. The average Bonchev–Trinajstić information content (AvgIpc) is 2.76. The number of fused-ring (bicyclic) bond motifs is 1. The van der Waals surface area contributed by atoms with Crippen molar-refractivity contribution in [1.29, 1.82) is 0 Å². The lowest BCUT2D eigenvalue weighted by Gasteiger charge is -2.28. The first-order valence-electron chi connectivity index (χ1n) is 8.16. The summed E-state index contributed by atoms with van der Waals surface area (Å²) in [6, 6.07) is 9.94.